The van der Waals surface area contributed by atoms with Crippen molar-refractivity contribution in [3.8, 4) is 0 Å². The van der Waals surface area contributed by atoms with E-state index in [2.05, 4.69) is 15.2 Å². The van der Waals surface area contributed by atoms with E-state index in [-0.39, 0.29) is 5.91 Å². The SMILES string of the molecule is Cc1nc(CN(C)C(=O)c2ccc(CCN)cc2)n[nH]1. The number of aryl methyl sites for hydroxylation is 1. The number of carbonyl (C=O) groups excluding carboxylic acids is 1. The van der Waals surface area contributed by atoms with E-state index in [1.54, 1.807) is 11.9 Å². The van der Waals surface area contributed by atoms with Crippen molar-refractivity contribution in [2.24, 2.45) is 5.73 Å². The van der Waals surface area contributed by atoms with Gasteiger partial charge in [0.2, 0.25) is 0 Å². The number of benzene rings is 1. The molecule has 0 fully saturated rings. The summed E-state index contributed by atoms with van der Waals surface area (Å²) in [5.74, 6) is 1.30. The molecule has 3 N–H and O–H groups in total. The summed E-state index contributed by atoms with van der Waals surface area (Å²) in [7, 11) is 1.74. The zero-order chi connectivity index (χ0) is 14.5. The van der Waals surface area contributed by atoms with Crippen molar-refractivity contribution < 1.29 is 4.79 Å². The second kappa shape index (κ2) is 6.29. The van der Waals surface area contributed by atoms with Gasteiger partial charge in [0.1, 0.15) is 5.82 Å². The first-order chi connectivity index (χ1) is 9.60. The summed E-state index contributed by atoms with van der Waals surface area (Å²) in [4.78, 5) is 18.0. The Kier molecular flexibility index (Phi) is 4.47. The third kappa shape index (κ3) is 3.42. The molecule has 6 heteroatoms. The van der Waals surface area contributed by atoms with Gasteiger partial charge in [-0.15, -0.1) is 0 Å². The first-order valence-corrected chi connectivity index (χ1v) is 6.52. The van der Waals surface area contributed by atoms with Gasteiger partial charge in [-0.25, -0.2) is 4.98 Å². The van der Waals surface area contributed by atoms with Crippen molar-refractivity contribution in [1.29, 1.82) is 0 Å². The van der Waals surface area contributed by atoms with Gasteiger partial charge < -0.3 is 10.6 Å². The highest BCUT2D eigenvalue weighted by Crippen LogP contribution is 2.09. The maximum atomic E-state index is 12.3. The van der Waals surface area contributed by atoms with E-state index >= 15 is 0 Å². The molecule has 1 aromatic heterocycles. The molecule has 0 unspecified atom stereocenters. The van der Waals surface area contributed by atoms with E-state index in [1.165, 1.54) is 0 Å². The number of nitrogens with zero attached hydrogens (tertiary/aromatic N) is 3. The van der Waals surface area contributed by atoms with Gasteiger partial charge in [-0.05, 0) is 37.6 Å². The summed E-state index contributed by atoms with van der Waals surface area (Å²) in [5.41, 5.74) is 7.29. The predicted molar refractivity (Wildman–Crippen MR) is 76.1 cm³/mol. The second-order valence-corrected chi connectivity index (χ2v) is 4.73. The highest BCUT2D eigenvalue weighted by molar-refractivity contribution is 5.94. The summed E-state index contributed by atoms with van der Waals surface area (Å²) in [5, 5.41) is 6.79. The van der Waals surface area contributed by atoms with Gasteiger partial charge in [0.25, 0.3) is 5.91 Å². The summed E-state index contributed by atoms with van der Waals surface area (Å²) in [6, 6.07) is 7.52. The number of hydrogen-bond acceptors (Lipinski definition) is 4. The molecular formula is C14H19N5O. The molecule has 6 nitrogen and oxygen atoms in total. The molecule has 0 saturated heterocycles. The lowest BCUT2D eigenvalue weighted by molar-refractivity contribution is 0.0781. The van der Waals surface area contributed by atoms with Crippen molar-refractivity contribution >= 4 is 5.91 Å². The molecular weight excluding hydrogens is 254 g/mol. The fraction of sp³-hybridized carbons (Fsp3) is 0.357. The lowest BCUT2D eigenvalue weighted by Crippen LogP contribution is -2.26. The third-order valence-corrected chi connectivity index (χ3v) is 3.00. The van der Waals surface area contributed by atoms with Crippen LogP contribution in [-0.4, -0.2) is 39.6 Å². The fourth-order valence-electron chi connectivity index (χ4n) is 1.94. The van der Waals surface area contributed by atoms with E-state index in [1.807, 2.05) is 31.2 Å². The quantitative estimate of drug-likeness (QED) is 0.846. The molecule has 2 aromatic rings. The largest absolute Gasteiger partial charge is 0.334 e. The maximum Gasteiger partial charge on any atom is 0.254 e. The molecule has 0 aliphatic rings. The normalized spacial score (nSPS) is 10.6. The Morgan fingerprint density at radius 3 is 2.60 bits per heavy atom. The van der Waals surface area contributed by atoms with Crippen LogP contribution in [0.5, 0.6) is 0 Å². The molecule has 0 atom stereocenters. The van der Waals surface area contributed by atoms with Crippen LogP contribution in [0.25, 0.3) is 0 Å². The number of aromatic amines is 1. The molecule has 0 spiro atoms. The number of aromatic nitrogens is 3. The number of H-pyrrole nitrogens is 1. The number of rotatable bonds is 5. The molecule has 1 amide bonds. The predicted octanol–water partition coefficient (Wildman–Crippen LogP) is 0.887. The third-order valence-electron chi connectivity index (χ3n) is 3.00. The van der Waals surface area contributed by atoms with E-state index in [4.69, 9.17) is 5.73 Å². The number of amides is 1. The highest BCUT2D eigenvalue weighted by Gasteiger charge is 2.13. The molecule has 0 radical (unpaired) electrons. The minimum absolute atomic E-state index is 0.0493. The van der Waals surface area contributed by atoms with Gasteiger partial charge in [0.05, 0.1) is 6.54 Å². The van der Waals surface area contributed by atoms with Crippen LogP contribution < -0.4 is 5.73 Å². The van der Waals surface area contributed by atoms with E-state index in [0.29, 0.717) is 24.5 Å². The van der Waals surface area contributed by atoms with Gasteiger partial charge in [-0.3, -0.25) is 9.89 Å². The summed E-state index contributed by atoms with van der Waals surface area (Å²) in [6.07, 6.45) is 0.820. The Morgan fingerprint density at radius 2 is 2.05 bits per heavy atom. The van der Waals surface area contributed by atoms with Crippen LogP contribution in [0.4, 0.5) is 0 Å². The van der Waals surface area contributed by atoms with Crippen molar-refractivity contribution in [2.45, 2.75) is 19.9 Å². The molecule has 0 bridgehead atoms. The highest BCUT2D eigenvalue weighted by atomic mass is 16.2. The average Bonchev–Trinajstić information content (AvgIpc) is 2.84. The Bertz CT molecular complexity index is 576. The van der Waals surface area contributed by atoms with E-state index in [9.17, 15) is 4.79 Å². The van der Waals surface area contributed by atoms with Crippen LogP contribution in [0.3, 0.4) is 0 Å². The van der Waals surface area contributed by atoms with Gasteiger partial charge in [0, 0.05) is 12.6 Å². The first kappa shape index (κ1) is 14.2. The molecule has 106 valence electrons. The molecule has 1 heterocycles. The number of carbonyl (C=O) groups is 1. The number of nitrogens with one attached hydrogen (secondary N) is 1. The van der Waals surface area contributed by atoms with Crippen LogP contribution in [0, 0.1) is 6.92 Å². The molecule has 0 aliphatic heterocycles. The Labute approximate surface area is 118 Å². The van der Waals surface area contributed by atoms with Crippen LogP contribution >= 0.6 is 0 Å². The molecule has 1 aromatic carbocycles. The first-order valence-electron chi connectivity index (χ1n) is 6.52. The van der Waals surface area contributed by atoms with Crippen molar-refractivity contribution in [3.05, 3.63) is 47.0 Å². The topological polar surface area (TPSA) is 87.9 Å². The smallest absolute Gasteiger partial charge is 0.254 e. The van der Waals surface area contributed by atoms with Crippen LogP contribution in [-0.2, 0) is 13.0 Å². The van der Waals surface area contributed by atoms with Crippen LogP contribution in [0.1, 0.15) is 27.6 Å². The minimum Gasteiger partial charge on any atom is -0.334 e. The van der Waals surface area contributed by atoms with Crippen molar-refractivity contribution in [3.63, 3.8) is 0 Å². The molecule has 20 heavy (non-hydrogen) atoms. The molecule has 0 saturated carbocycles. The van der Waals surface area contributed by atoms with E-state index < -0.39 is 0 Å². The summed E-state index contributed by atoms with van der Waals surface area (Å²) in [6.45, 7) is 2.82. The van der Waals surface area contributed by atoms with E-state index in [0.717, 1.165) is 17.8 Å². The minimum atomic E-state index is -0.0493. The Hall–Kier alpha value is -2.21. The number of nitrogens with two attached hydrogens (primary N) is 1. The van der Waals surface area contributed by atoms with Crippen molar-refractivity contribution in [1.82, 2.24) is 20.1 Å². The van der Waals surface area contributed by atoms with Gasteiger partial charge in [-0.2, -0.15) is 5.10 Å². The zero-order valence-electron chi connectivity index (χ0n) is 11.8. The summed E-state index contributed by atoms with van der Waals surface area (Å²) >= 11 is 0. The average molecular weight is 273 g/mol. The van der Waals surface area contributed by atoms with Gasteiger partial charge in [-0.1, -0.05) is 12.1 Å². The molecule has 0 aliphatic carbocycles. The standard InChI is InChI=1S/C14H19N5O/c1-10-16-13(18-17-10)9-19(2)14(20)12-5-3-11(4-6-12)7-8-15/h3-6H,7-9,15H2,1-2H3,(H,16,17,18). The monoisotopic (exact) mass is 273 g/mol. The second-order valence-electron chi connectivity index (χ2n) is 4.73. The zero-order valence-corrected chi connectivity index (χ0v) is 11.8. The van der Waals surface area contributed by atoms with Crippen molar-refractivity contribution in [2.75, 3.05) is 13.6 Å². The van der Waals surface area contributed by atoms with Crippen LogP contribution in [0.15, 0.2) is 24.3 Å². The Balaban J connectivity index is 2.02. The lowest BCUT2D eigenvalue weighted by atomic mass is 10.1. The van der Waals surface area contributed by atoms with Crippen LogP contribution in [0.2, 0.25) is 0 Å². The lowest BCUT2D eigenvalue weighted by Gasteiger charge is -2.15. The maximum absolute atomic E-state index is 12.3. The fourth-order valence-corrected chi connectivity index (χ4v) is 1.94. The number of hydrogen-bond donors (Lipinski definition) is 2. The molecule has 2 rings (SSSR count). The Morgan fingerprint density at radius 1 is 1.35 bits per heavy atom. The summed E-state index contributed by atoms with van der Waals surface area (Å²) < 4.78 is 0. The van der Waals surface area contributed by atoms with Gasteiger partial charge in [0.15, 0.2) is 5.82 Å². The van der Waals surface area contributed by atoms with Gasteiger partial charge >= 0.3 is 0 Å².